The van der Waals surface area contributed by atoms with Crippen LogP contribution in [0.1, 0.15) is 10.4 Å². The number of nitrogens with one attached hydrogen (secondary N) is 1. The van der Waals surface area contributed by atoms with Gasteiger partial charge in [0.2, 0.25) is 0 Å². The second kappa shape index (κ2) is 9.16. The van der Waals surface area contributed by atoms with Gasteiger partial charge in [-0.05, 0) is 66.5 Å². The highest BCUT2D eigenvalue weighted by molar-refractivity contribution is 8.00. The molecule has 1 aliphatic heterocycles. The molecule has 160 valence electrons. The summed E-state index contributed by atoms with van der Waals surface area (Å²) in [5.41, 5.74) is 5.17. The molecule has 0 bridgehead atoms. The first kappa shape index (κ1) is 20.8. The van der Waals surface area contributed by atoms with Crippen LogP contribution in [0.15, 0.2) is 72.9 Å². The van der Waals surface area contributed by atoms with Gasteiger partial charge >= 0.3 is 0 Å². The lowest BCUT2D eigenvalue weighted by Gasteiger charge is -2.27. The van der Waals surface area contributed by atoms with Crippen molar-refractivity contribution in [1.29, 1.82) is 0 Å². The van der Waals surface area contributed by atoms with Crippen LogP contribution in [0, 0.1) is 0 Å². The van der Waals surface area contributed by atoms with Crippen molar-refractivity contribution in [3.8, 4) is 11.3 Å². The number of aromatic nitrogens is 2. The molecule has 0 radical (unpaired) electrons. The summed E-state index contributed by atoms with van der Waals surface area (Å²) in [4.78, 5) is 21.9. The molecule has 5 rings (SSSR count). The summed E-state index contributed by atoms with van der Waals surface area (Å²) >= 11 is 8.15. The van der Waals surface area contributed by atoms with Gasteiger partial charge in [0.05, 0.1) is 34.6 Å². The van der Waals surface area contributed by atoms with E-state index in [2.05, 4.69) is 19.6 Å². The van der Waals surface area contributed by atoms with E-state index in [1.54, 1.807) is 30.3 Å². The van der Waals surface area contributed by atoms with Crippen LogP contribution in [0.3, 0.4) is 0 Å². The molecule has 4 aromatic rings. The molecule has 0 unspecified atom stereocenters. The van der Waals surface area contributed by atoms with E-state index in [4.69, 9.17) is 16.3 Å². The number of fused-ring (bicyclic) bond motifs is 1. The summed E-state index contributed by atoms with van der Waals surface area (Å²) in [7, 11) is 0. The zero-order chi connectivity index (χ0) is 21.9. The standard InChI is InChI=1S/C24H19ClN4O2S/c25-20-10-7-17(13-19(20)23-14-26-21-3-1-2-4-22(21)28-23)27-24(30)16-5-8-18(9-6-16)29-15-31-11-12-32-29/h1-10,13-14H,11-12,15H2,(H,27,30). The Morgan fingerprint density at radius 1 is 1.06 bits per heavy atom. The predicted octanol–water partition coefficient (Wildman–Crippen LogP) is 5.64. The molecular weight excluding hydrogens is 444 g/mol. The molecule has 0 saturated carbocycles. The molecule has 2 heterocycles. The van der Waals surface area contributed by atoms with E-state index >= 15 is 0 Å². The van der Waals surface area contributed by atoms with Gasteiger partial charge in [-0.15, -0.1) is 0 Å². The Balaban J connectivity index is 1.35. The van der Waals surface area contributed by atoms with Crippen LogP contribution in [0.25, 0.3) is 22.3 Å². The predicted molar refractivity (Wildman–Crippen MR) is 130 cm³/mol. The first-order chi connectivity index (χ1) is 15.7. The lowest BCUT2D eigenvalue weighted by Crippen LogP contribution is -2.25. The number of para-hydroxylation sites is 2. The molecule has 1 aliphatic rings. The summed E-state index contributed by atoms with van der Waals surface area (Å²) in [6.07, 6.45) is 1.69. The summed E-state index contributed by atoms with van der Waals surface area (Å²) in [5, 5.41) is 3.48. The average molecular weight is 463 g/mol. The Hall–Kier alpha value is -3.13. The highest BCUT2D eigenvalue weighted by atomic mass is 35.5. The smallest absolute Gasteiger partial charge is 0.255 e. The summed E-state index contributed by atoms with van der Waals surface area (Å²) < 4.78 is 7.55. The van der Waals surface area contributed by atoms with Crippen LogP contribution in [0.4, 0.5) is 11.4 Å². The third-order valence-corrected chi connectivity index (χ3v) is 6.36. The fraction of sp³-hybridized carbons (Fsp3) is 0.125. The Kier molecular flexibility index (Phi) is 5.94. The largest absolute Gasteiger partial charge is 0.359 e. The van der Waals surface area contributed by atoms with Crippen molar-refractivity contribution >= 4 is 51.9 Å². The number of anilines is 2. The number of carbonyl (C=O) groups is 1. The fourth-order valence-electron chi connectivity index (χ4n) is 3.41. The molecule has 3 aromatic carbocycles. The van der Waals surface area contributed by atoms with Gasteiger partial charge in [0.25, 0.3) is 5.91 Å². The van der Waals surface area contributed by atoms with Crippen molar-refractivity contribution < 1.29 is 9.53 Å². The lowest BCUT2D eigenvalue weighted by molar-refractivity contribution is 0.102. The number of hydrogen-bond acceptors (Lipinski definition) is 6. The van der Waals surface area contributed by atoms with Gasteiger partial charge < -0.3 is 10.1 Å². The summed E-state index contributed by atoms with van der Waals surface area (Å²) in [5.74, 6) is 0.722. The molecule has 1 aromatic heterocycles. The van der Waals surface area contributed by atoms with Gasteiger partial charge in [-0.25, -0.2) is 4.98 Å². The Labute approximate surface area is 194 Å². The van der Waals surface area contributed by atoms with E-state index in [9.17, 15) is 4.79 Å². The zero-order valence-electron chi connectivity index (χ0n) is 17.0. The van der Waals surface area contributed by atoms with Gasteiger partial charge in [-0.3, -0.25) is 14.1 Å². The maximum Gasteiger partial charge on any atom is 0.255 e. The van der Waals surface area contributed by atoms with Crippen molar-refractivity contribution in [3.63, 3.8) is 0 Å². The number of amides is 1. The molecule has 1 N–H and O–H groups in total. The molecule has 1 fully saturated rings. The molecule has 1 amide bonds. The maximum absolute atomic E-state index is 12.8. The van der Waals surface area contributed by atoms with Crippen LogP contribution < -0.4 is 9.62 Å². The molecule has 32 heavy (non-hydrogen) atoms. The van der Waals surface area contributed by atoms with Crippen LogP contribution in [0.2, 0.25) is 5.02 Å². The van der Waals surface area contributed by atoms with Crippen molar-refractivity contribution in [2.45, 2.75) is 0 Å². The number of ether oxygens (including phenoxy) is 1. The SMILES string of the molecule is O=C(Nc1ccc(Cl)c(-c2cnc3ccccc3n2)c1)c1ccc(N2COCCS2)cc1. The van der Waals surface area contributed by atoms with Gasteiger partial charge in [-0.1, -0.05) is 23.7 Å². The minimum absolute atomic E-state index is 0.197. The van der Waals surface area contributed by atoms with E-state index in [1.807, 2.05) is 54.6 Å². The number of halogens is 1. The highest BCUT2D eigenvalue weighted by Crippen LogP contribution is 2.30. The quantitative estimate of drug-likeness (QED) is 0.395. The third-order valence-electron chi connectivity index (χ3n) is 5.05. The number of benzene rings is 3. The normalized spacial score (nSPS) is 13.8. The molecule has 0 spiro atoms. The topological polar surface area (TPSA) is 67.4 Å². The van der Waals surface area contributed by atoms with E-state index in [-0.39, 0.29) is 5.91 Å². The van der Waals surface area contributed by atoms with E-state index in [0.29, 0.717) is 34.3 Å². The maximum atomic E-state index is 12.8. The summed E-state index contributed by atoms with van der Waals surface area (Å²) in [6, 6.07) is 20.5. The molecular formula is C24H19ClN4O2S. The lowest BCUT2D eigenvalue weighted by atomic mass is 10.1. The number of hydrogen-bond donors (Lipinski definition) is 1. The van der Waals surface area contributed by atoms with Gasteiger partial charge in [0.15, 0.2) is 0 Å². The van der Waals surface area contributed by atoms with Crippen LogP contribution >= 0.6 is 23.5 Å². The Bertz CT molecular complexity index is 1280. The van der Waals surface area contributed by atoms with Gasteiger partial charge in [0, 0.05) is 28.3 Å². The van der Waals surface area contributed by atoms with E-state index in [0.717, 1.165) is 29.1 Å². The van der Waals surface area contributed by atoms with Crippen molar-refractivity contribution in [2.75, 3.05) is 28.7 Å². The van der Waals surface area contributed by atoms with Crippen LogP contribution in [-0.2, 0) is 4.74 Å². The van der Waals surface area contributed by atoms with Crippen molar-refractivity contribution in [1.82, 2.24) is 9.97 Å². The molecule has 8 heteroatoms. The number of nitrogens with zero attached hydrogens (tertiary/aromatic N) is 3. The van der Waals surface area contributed by atoms with Gasteiger partial charge in [0.1, 0.15) is 6.73 Å². The molecule has 0 atom stereocenters. The number of rotatable bonds is 4. The summed E-state index contributed by atoms with van der Waals surface area (Å²) in [6.45, 7) is 1.30. The Morgan fingerprint density at radius 2 is 1.88 bits per heavy atom. The molecule has 6 nitrogen and oxygen atoms in total. The van der Waals surface area contributed by atoms with E-state index < -0.39 is 0 Å². The zero-order valence-corrected chi connectivity index (χ0v) is 18.6. The fourth-order valence-corrected chi connectivity index (χ4v) is 4.46. The second-order valence-corrected chi connectivity index (χ2v) is 8.70. The number of carbonyl (C=O) groups excluding carboxylic acids is 1. The van der Waals surface area contributed by atoms with E-state index in [1.165, 1.54) is 0 Å². The van der Waals surface area contributed by atoms with Crippen molar-refractivity contribution in [2.24, 2.45) is 0 Å². The van der Waals surface area contributed by atoms with Crippen molar-refractivity contribution in [3.05, 3.63) is 83.5 Å². The third kappa shape index (κ3) is 4.41. The first-order valence-electron chi connectivity index (χ1n) is 10.1. The highest BCUT2D eigenvalue weighted by Gasteiger charge is 2.14. The Morgan fingerprint density at radius 3 is 2.66 bits per heavy atom. The second-order valence-electron chi connectivity index (χ2n) is 7.19. The minimum atomic E-state index is -0.197. The van der Waals surface area contributed by atoms with Crippen LogP contribution in [-0.4, -0.2) is 35.0 Å². The first-order valence-corrected chi connectivity index (χ1v) is 11.4. The monoisotopic (exact) mass is 462 g/mol. The molecule has 0 aliphatic carbocycles. The average Bonchev–Trinajstić information content (AvgIpc) is 2.85. The van der Waals surface area contributed by atoms with Gasteiger partial charge in [-0.2, -0.15) is 0 Å². The van der Waals surface area contributed by atoms with Crippen LogP contribution in [0.5, 0.6) is 0 Å². The molecule has 1 saturated heterocycles. The minimum Gasteiger partial charge on any atom is -0.359 e.